The average molecular weight is 431 g/mol. The number of benzene rings is 3. The third kappa shape index (κ3) is 4.67. The summed E-state index contributed by atoms with van der Waals surface area (Å²) < 4.78 is 0. The molecular formula is C26H26N2O2S. The Labute approximate surface area is 187 Å². The summed E-state index contributed by atoms with van der Waals surface area (Å²) in [5.41, 5.74) is 4.91. The molecule has 1 aliphatic heterocycles. The number of anilines is 2. The lowest BCUT2D eigenvalue weighted by molar-refractivity contribution is -0.118. The van der Waals surface area contributed by atoms with Crippen LogP contribution in [0.3, 0.4) is 0 Å². The number of thioether (sulfide) groups is 1. The van der Waals surface area contributed by atoms with E-state index in [4.69, 9.17) is 0 Å². The maximum atomic E-state index is 12.8. The van der Waals surface area contributed by atoms with Gasteiger partial charge in [0, 0.05) is 11.4 Å². The molecule has 1 fully saturated rings. The highest BCUT2D eigenvalue weighted by Crippen LogP contribution is 2.42. The van der Waals surface area contributed by atoms with Crippen LogP contribution < -0.4 is 10.2 Å². The van der Waals surface area contributed by atoms with Gasteiger partial charge in [-0.05, 0) is 48.7 Å². The molecule has 1 saturated heterocycles. The Morgan fingerprint density at radius 2 is 1.71 bits per heavy atom. The molecule has 0 unspecified atom stereocenters. The van der Waals surface area contributed by atoms with Gasteiger partial charge in [-0.15, -0.1) is 11.8 Å². The summed E-state index contributed by atoms with van der Waals surface area (Å²) in [6.07, 6.45) is 0.736. The van der Waals surface area contributed by atoms with Crippen molar-refractivity contribution in [3.8, 4) is 0 Å². The molecule has 4 rings (SSSR count). The van der Waals surface area contributed by atoms with Crippen LogP contribution in [0.5, 0.6) is 0 Å². The molecule has 0 aromatic heterocycles. The maximum absolute atomic E-state index is 12.8. The van der Waals surface area contributed by atoms with E-state index < -0.39 is 0 Å². The summed E-state index contributed by atoms with van der Waals surface area (Å²) in [6.45, 7) is 4.06. The Kier molecular flexibility index (Phi) is 6.42. The molecule has 1 heterocycles. The first kappa shape index (κ1) is 21.2. The van der Waals surface area contributed by atoms with Crippen LogP contribution in [-0.4, -0.2) is 17.6 Å². The van der Waals surface area contributed by atoms with Crippen molar-refractivity contribution in [3.05, 3.63) is 95.6 Å². The van der Waals surface area contributed by atoms with Gasteiger partial charge in [0.1, 0.15) is 5.37 Å². The topological polar surface area (TPSA) is 49.4 Å². The van der Waals surface area contributed by atoms with E-state index in [1.54, 1.807) is 11.8 Å². The molecule has 0 aliphatic carbocycles. The monoisotopic (exact) mass is 430 g/mol. The molecule has 0 radical (unpaired) electrons. The molecule has 3 aromatic rings. The number of nitrogens with one attached hydrogen (secondary N) is 1. The molecule has 2 amide bonds. The number of aryl methyl sites for hydroxylation is 1. The van der Waals surface area contributed by atoms with Crippen LogP contribution in [0.2, 0.25) is 0 Å². The summed E-state index contributed by atoms with van der Waals surface area (Å²) in [6, 6.07) is 25.7. The molecule has 2 atom stereocenters. The standard InChI is InChI=1S/C26H26N2O2S/c1-3-23(19-7-5-4-6-8-19)25(30)27-21-13-11-20(12-14-21)26-28(24(29)17-31-26)22-15-9-18(2)10-16-22/h4-16,23,26H,3,17H2,1-2H3,(H,27,30)/t23-,26+/m0/s1. The number of nitrogens with zero attached hydrogens (tertiary/aromatic N) is 1. The van der Waals surface area contributed by atoms with Gasteiger partial charge in [-0.25, -0.2) is 0 Å². The van der Waals surface area contributed by atoms with E-state index in [0.717, 1.165) is 28.9 Å². The normalized spacial score (nSPS) is 16.9. The predicted octanol–water partition coefficient (Wildman–Crippen LogP) is 5.91. The van der Waals surface area contributed by atoms with Gasteiger partial charge in [-0.3, -0.25) is 14.5 Å². The van der Waals surface area contributed by atoms with Gasteiger partial charge in [0.2, 0.25) is 11.8 Å². The maximum Gasteiger partial charge on any atom is 0.238 e. The molecule has 3 aromatic carbocycles. The molecule has 1 aliphatic rings. The molecule has 0 spiro atoms. The largest absolute Gasteiger partial charge is 0.326 e. The minimum atomic E-state index is -0.180. The van der Waals surface area contributed by atoms with Gasteiger partial charge in [0.15, 0.2) is 0 Å². The Hall–Kier alpha value is -3.05. The fraction of sp³-hybridized carbons (Fsp3) is 0.231. The van der Waals surface area contributed by atoms with E-state index in [9.17, 15) is 9.59 Å². The molecule has 31 heavy (non-hydrogen) atoms. The Bertz CT molecular complexity index is 1050. The van der Waals surface area contributed by atoms with Crippen molar-refractivity contribution in [1.82, 2.24) is 0 Å². The second kappa shape index (κ2) is 9.40. The second-order valence-electron chi connectivity index (χ2n) is 7.75. The molecule has 5 heteroatoms. The highest BCUT2D eigenvalue weighted by Gasteiger charge is 2.34. The van der Waals surface area contributed by atoms with Crippen LogP contribution in [0.4, 0.5) is 11.4 Å². The Balaban J connectivity index is 1.49. The first-order chi connectivity index (χ1) is 15.1. The van der Waals surface area contributed by atoms with Gasteiger partial charge in [0.25, 0.3) is 0 Å². The van der Waals surface area contributed by atoms with Crippen LogP contribution in [-0.2, 0) is 9.59 Å². The van der Waals surface area contributed by atoms with Crippen molar-refractivity contribution in [2.75, 3.05) is 16.0 Å². The van der Waals surface area contributed by atoms with Crippen LogP contribution in [0, 0.1) is 6.92 Å². The number of rotatable bonds is 6. The van der Waals surface area contributed by atoms with E-state index in [1.807, 2.05) is 97.6 Å². The summed E-state index contributed by atoms with van der Waals surface area (Å²) >= 11 is 1.63. The fourth-order valence-electron chi connectivity index (χ4n) is 3.87. The Morgan fingerprint density at radius 1 is 1.03 bits per heavy atom. The molecule has 158 valence electrons. The quantitative estimate of drug-likeness (QED) is 0.529. The second-order valence-corrected chi connectivity index (χ2v) is 8.81. The first-order valence-electron chi connectivity index (χ1n) is 10.5. The van der Waals surface area contributed by atoms with E-state index >= 15 is 0 Å². The zero-order valence-electron chi connectivity index (χ0n) is 17.7. The van der Waals surface area contributed by atoms with Crippen molar-refractivity contribution in [1.29, 1.82) is 0 Å². The SMILES string of the molecule is CC[C@H](C(=O)Nc1ccc([C@H]2SCC(=O)N2c2ccc(C)cc2)cc1)c1ccccc1. The van der Waals surface area contributed by atoms with Crippen molar-refractivity contribution in [2.24, 2.45) is 0 Å². The van der Waals surface area contributed by atoms with Crippen LogP contribution in [0.15, 0.2) is 78.9 Å². The predicted molar refractivity (Wildman–Crippen MR) is 128 cm³/mol. The van der Waals surface area contributed by atoms with Crippen molar-refractivity contribution in [3.63, 3.8) is 0 Å². The summed E-state index contributed by atoms with van der Waals surface area (Å²) in [7, 11) is 0. The summed E-state index contributed by atoms with van der Waals surface area (Å²) in [5, 5.41) is 2.98. The number of carbonyl (C=O) groups is 2. The minimum Gasteiger partial charge on any atom is -0.326 e. The number of amides is 2. The zero-order chi connectivity index (χ0) is 21.8. The summed E-state index contributed by atoms with van der Waals surface area (Å²) in [4.78, 5) is 27.2. The molecule has 0 bridgehead atoms. The highest BCUT2D eigenvalue weighted by atomic mass is 32.2. The van der Waals surface area contributed by atoms with Crippen LogP contribution in [0.1, 0.15) is 41.3 Å². The van der Waals surface area contributed by atoms with Crippen molar-refractivity contribution in [2.45, 2.75) is 31.6 Å². The van der Waals surface area contributed by atoms with Gasteiger partial charge in [-0.1, -0.05) is 67.1 Å². The van der Waals surface area contributed by atoms with E-state index in [-0.39, 0.29) is 23.1 Å². The van der Waals surface area contributed by atoms with Crippen LogP contribution >= 0.6 is 11.8 Å². The number of hydrogen-bond donors (Lipinski definition) is 1. The van der Waals surface area contributed by atoms with Crippen molar-refractivity contribution < 1.29 is 9.59 Å². The number of hydrogen-bond acceptors (Lipinski definition) is 3. The lowest BCUT2D eigenvalue weighted by Crippen LogP contribution is -2.27. The summed E-state index contributed by atoms with van der Waals surface area (Å²) in [5.74, 6) is 0.394. The lowest BCUT2D eigenvalue weighted by atomic mass is 9.95. The molecule has 4 nitrogen and oxygen atoms in total. The van der Waals surface area contributed by atoms with Gasteiger partial charge in [-0.2, -0.15) is 0 Å². The first-order valence-corrected chi connectivity index (χ1v) is 11.6. The van der Waals surface area contributed by atoms with Gasteiger partial charge < -0.3 is 5.32 Å². The third-order valence-corrected chi connectivity index (χ3v) is 6.78. The Morgan fingerprint density at radius 3 is 2.35 bits per heavy atom. The smallest absolute Gasteiger partial charge is 0.238 e. The average Bonchev–Trinajstić information content (AvgIpc) is 3.17. The van der Waals surface area contributed by atoms with Crippen molar-refractivity contribution >= 4 is 35.0 Å². The lowest BCUT2D eigenvalue weighted by Gasteiger charge is -2.24. The fourth-order valence-corrected chi connectivity index (χ4v) is 5.05. The molecule has 0 saturated carbocycles. The highest BCUT2D eigenvalue weighted by molar-refractivity contribution is 8.00. The molecular weight excluding hydrogens is 404 g/mol. The molecule has 1 N–H and O–H groups in total. The van der Waals surface area contributed by atoms with E-state index in [1.165, 1.54) is 5.56 Å². The van der Waals surface area contributed by atoms with Crippen LogP contribution in [0.25, 0.3) is 0 Å². The van der Waals surface area contributed by atoms with Gasteiger partial charge in [0.05, 0.1) is 11.7 Å². The number of carbonyl (C=O) groups excluding carboxylic acids is 2. The van der Waals surface area contributed by atoms with E-state index in [0.29, 0.717) is 5.75 Å². The minimum absolute atomic E-state index is 0.00634. The third-order valence-electron chi connectivity index (χ3n) is 5.57. The zero-order valence-corrected chi connectivity index (χ0v) is 18.6. The van der Waals surface area contributed by atoms with Gasteiger partial charge >= 0.3 is 0 Å². The van der Waals surface area contributed by atoms with E-state index in [2.05, 4.69) is 5.32 Å².